The van der Waals surface area contributed by atoms with Crippen LogP contribution >= 0.6 is 0 Å². The second-order valence-corrected chi connectivity index (χ2v) is 4.27. The van der Waals surface area contributed by atoms with Crippen molar-refractivity contribution >= 4 is 5.69 Å². The van der Waals surface area contributed by atoms with Crippen LogP contribution in [0, 0.1) is 10.1 Å². The lowest BCUT2D eigenvalue weighted by Crippen LogP contribution is -2.14. The molecule has 7 heteroatoms. The van der Waals surface area contributed by atoms with Gasteiger partial charge in [-0.25, -0.2) is 0 Å². The standard InChI is InChI=1S/C13H16N4O3/c1-2-14-8-4-7-12-15-16-13(20-12)10-5-3-6-11(9-10)17(18)19/h3,5-6,9,14H,2,4,7-8H2,1H3. The predicted molar refractivity (Wildman–Crippen MR) is 73.3 cm³/mol. The van der Waals surface area contributed by atoms with Gasteiger partial charge >= 0.3 is 0 Å². The summed E-state index contributed by atoms with van der Waals surface area (Å²) in [4.78, 5) is 10.3. The molecule has 2 aromatic rings. The van der Waals surface area contributed by atoms with E-state index >= 15 is 0 Å². The summed E-state index contributed by atoms with van der Waals surface area (Å²) in [5, 5.41) is 21.8. The van der Waals surface area contributed by atoms with Crippen molar-refractivity contribution in [1.29, 1.82) is 0 Å². The van der Waals surface area contributed by atoms with Crippen molar-refractivity contribution in [3.8, 4) is 11.5 Å². The first kappa shape index (κ1) is 14.1. The molecule has 0 saturated heterocycles. The maximum absolute atomic E-state index is 10.7. The number of nitro groups is 1. The molecule has 0 bridgehead atoms. The minimum absolute atomic E-state index is 0.00870. The molecule has 0 fully saturated rings. The van der Waals surface area contributed by atoms with Crippen molar-refractivity contribution < 1.29 is 9.34 Å². The van der Waals surface area contributed by atoms with E-state index in [-0.39, 0.29) is 5.69 Å². The molecule has 106 valence electrons. The molecule has 0 saturated carbocycles. The summed E-state index contributed by atoms with van der Waals surface area (Å²) in [7, 11) is 0. The predicted octanol–water partition coefficient (Wildman–Crippen LogP) is 2.19. The lowest BCUT2D eigenvalue weighted by atomic mass is 10.2. The second kappa shape index (κ2) is 6.76. The van der Waals surface area contributed by atoms with E-state index in [1.165, 1.54) is 12.1 Å². The number of non-ortho nitro benzene ring substituents is 1. The van der Waals surface area contributed by atoms with E-state index in [0.29, 0.717) is 23.8 Å². The minimum atomic E-state index is -0.447. The third-order valence-corrected chi connectivity index (χ3v) is 2.76. The van der Waals surface area contributed by atoms with E-state index < -0.39 is 4.92 Å². The Balaban J connectivity index is 2.04. The summed E-state index contributed by atoms with van der Waals surface area (Å²) >= 11 is 0. The molecular formula is C13H16N4O3. The van der Waals surface area contributed by atoms with Gasteiger partial charge in [-0.15, -0.1) is 10.2 Å². The van der Waals surface area contributed by atoms with Gasteiger partial charge in [-0.3, -0.25) is 10.1 Å². The molecule has 1 aromatic carbocycles. The highest BCUT2D eigenvalue weighted by atomic mass is 16.6. The normalized spacial score (nSPS) is 10.7. The Morgan fingerprint density at radius 3 is 3.00 bits per heavy atom. The summed E-state index contributed by atoms with van der Waals surface area (Å²) in [6.45, 7) is 3.88. The molecule has 0 aliphatic rings. The fourth-order valence-corrected chi connectivity index (χ4v) is 1.77. The van der Waals surface area contributed by atoms with E-state index in [1.54, 1.807) is 12.1 Å². The van der Waals surface area contributed by atoms with Crippen LogP contribution in [0.3, 0.4) is 0 Å². The molecule has 20 heavy (non-hydrogen) atoms. The Morgan fingerprint density at radius 2 is 2.25 bits per heavy atom. The van der Waals surface area contributed by atoms with Gasteiger partial charge in [0.15, 0.2) is 0 Å². The van der Waals surface area contributed by atoms with Crippen molar-refractivity contribution in [1.82, 2.24) is 15.5 Å². The van der Waals surface area contributed by atoms with Gasteiger partial charge in [0.1, 0.15) is 0 Å². The Hall–Kier alpha value is -2.28. The fraction of sp³-hybridized carbons (Fsp3) is 0.385. The van der Waals surface area contributed by atoms with Gasteiger partial charge < -0.3 is 9.73 Å². The van der Waals surface area contributed by atoms with E-state index in [9.17, 15) is 10.1 Å². The first-order valence-corrected chi connectivity index (χ1v) is 6.48. The number of hydrogen-bond donors (Lipinski definition) is 1. The monoisotopic (exact) mass is 276 g/mol. The van der Waals surface area contributed by atoms with Crippen LogP contribution in [0.15, 0.2) is 28.7 Å². The van der Waals surface area contributed by atoms with Crippen molar-refractivity contribution in [2.75, 3.05) is 13.1 Å². The van der Waals surface area contributed by atoms with E-state index in [4.69, 9.17) is 4.42 Å². The van der Waals surface area contributed by atoms with Crippen LogP contribution in [-0.2, 0) is 6.42 Å². The van der Waals surface area contributed by atoms with Crippen LogP contribution in [0.1, 0.15) is 19.2 Å². The molecule has 0 radical (unpaired) electrons. The lowest BCUT2D eigenvalue weighted by Gasteiger charge is -1.98. The van der Waals surface area contributed by atoms with Crippen LogP contribution in [0.5, 0.6) is 0 Å². The first-order valence-electron chi connectivity index (χ1n) is 6.48. The van der Waals surface area contributed by atoms with Crippen molar-refractivity contribution in [2.24, 2.45) is 0 Å². The number of aryl methyl sites for hydroxylation is 1. The summed E-state index contributed by atoms with van der Waals surface area (Å²) in [5.74, 6) is 0.858. The van der Waals surface area contributed by atoms with Crippen LogP contribution in [-0.4, -0.2) is 28.2 Å². The minimum Gasteiger partial charge on any atom is -0.421 e. The molecule has 0 aliphatic heterocycles. The van der Waals surface area contributed by atoms with Gasteiger partial charge in [0.2, 0.25) is 11.8 Å². The van der Waals surface area contributed by atoms with E-state index in [0.717, 1.165) is 19.5 Å². The Morgan fingerprint density at radius 1 is 1.40 bits per heavy atom. The Labute approximate surface area is 116 Å². The lowest BCUT2D eigenvalue weighted by molar-refractivity contribution is -0.384. The quantitative estimate of drug-likeness (QED) is 0.473. The molecule has 0 spiro atoms. The number of hydrogen-bond acceptors (Lipinski definition) is 6. The fourth-order valence-electron chi connectivity index (χ4n) is 1.77. The molecule has 1 N–H and O–H groups in total. The van der Waals surface area contributed by atoms with Crippen LogP contribution in [0.4, 0.5) is 5.69 Å². The van der Waals surface area contributed by atoms with Gasteiger partial charge in [-0.1, -0.05) is 13.0 Å². The Bertz CT molecular complexity index is 583. The molecule has 2 rings (SSSR count). The topological polar surface area (TPSA) is 94.1 Å². The van der Waals surface area contributed by atoms with E-state index in [1.807, 2.05) is 6.92 Å². The zero-order valence-electron chi connectivity index (χ0n) is 11.2. The van der Waals surface area contributed by atoms with Crippen molar-refractivity contribution in [2.45, 2.75) is 19.8 Å². The molecule has 0 atom stereocenters. The maximum Gasteiger partial charge on any atom is 0.270 e. The van der Waals surface area contributed by atoms with Crippen molar-refractivity contribution in [3.05, 3.63) is 40.3 Å². The number of nitro benzene ring substituents is 1. The van der Waals surface area contributed by atoms with Gasteiger partial charge in [0.25, 0.3) is 5.69 Å². The number of rotatable bonds is 7. The van der Waals surface area contributed by atoms with Gasteiger partial charge in [-0.05, 0) is 25.6 Å². The van der Waals surface area contributed by atoms with Gasteiger partial charge in [0, 0.05) is 24.1 Å². The largest absolute Gasteiger partial charge is 0.421 e. The highest BCUT2D eigenvalue weighted by Crippen LogP contribution is 2.22. The van der Waals surface area contributed by atoms with Gasteiger partial charge in [0.05, 0.1) is 4.92 Å². The molecule has 0 aliphatic carbocycles. The SMILES string of the molecule is CCNCCCc1nnc(-c2cccc([N+](=O)[O-])c2)o1. The average Bonchev–Trinajstić information content (AvgIpc) is 2.92. The van der Waals surface area contributed by atoms with E-state index in [2.05, 4.69) is 15.5 Å². The number of nitrogens with one attached hydrogen (secondary N) is 1. The number of nitrogens with zero attached hydrogens (tertiary/aromatic N) is 3. The third kappa shape index (κ3) is 3.61. The summed E-state index contributed by atoms with van der Waals surface area (Å²) < 4.78 is 5.51. The van der Waals surface area contributed by atoms with Crippen molar-refractivity contribution in [3.63, 3.8) is 0 Å². The highest BCUT2D eigenvalue weighted by Gasteiger charge is 2.12. The maximum atomic E-state index is 10.7. The molecular weight excluding hydrogens is 260 g/mol. The number of benzene rings is 1. The molecule has 0 unspecified atom stereocenters. The molecule has 0 amide bonds. The van der Waals surface area contributed by atoms with Crippen LogP contribution in [0.2, 0.25) is 0 Å². The van der Waals surface area contributed by atoms with Crippen LogP contribution < -0.4 is 5.32 Å². The second-order valence-electron chi connectivity index (χ2n) is 4.27. The summed E-state index contributed by atoms with van der Waals surface area (Å²) in [5.41, 5.74) is 0.569. The molecule has 1 aromatic heterocycles. The summed E-state index contributed by atoms with van der Waals surface area (Å²) in [6, 6.07) is 6.17. The van der Waals surface area contributed by atoms with Gasteiger partial charge in [-0.2, -0.15) is 0 Å². The third-order valence-electron chi connectivity index (χ3n) is 2.76. The number of aromatic nitrogens is 2. The smallest absolute Gasteiger partial charge is 0.270 e. The molecule has 7 nitrogen and oxygen atoms in total. The molecule has 1 heterocycles. The average molecular weight is 276 g/mol. The first-order chi connectivity index (χ1) is 9.70. The highest BCUT2D eigenvalue weighted by molar-refractivity contribution is 5.57. The van der Waals surface area contributed by atoms with Crippen LogP contribution in [0.25, 0.3) is 11.5 Å². The summed E-state index contributed by atoms with van der Waals surface area (Å²) in [6.07, 6.45) is 1.60. The zero-order chi connectivity index (χ0) is 14.4. The zero-order valence-corrected chi connectivity index (χ0v) is 11.2. The Kier molecular flexibility index (Phi) is 4.78.